The second-order valence-electron chi connectivity index (χ2n) is 9.95. The number of hydrogen-bond donors (Lipinski definition) is 0. The van der Waals surface area contributed by atoms with E-state index in [4.69, 9.17) is 19.3 Å². The van der Waals surface area contributed by atoms with Crippen LogP contribution in [0.4, 0.5) is 0 Å². The number of carbonyl (C=O) groups is 1. The van der Waals surface area contributed by atoms with E-state index in [2.05, 4.69) is 69.1 Å². The van der Waals surface area contributed by atoms with E-state index in [-0.39, 0.29) is 6.04 Å². The monoisotopic (exact) mass is 660 g/mol. The first kappa shape index (κ1) is 26.6. The summed E-state index contributed by atoms with van der Waals surface area (Å²) in [5.74, 6) is 1.05. The highest BCUT2D eigenvalue weighted by Crippen LogP contribution is 2.50. The Labute approximate surface area is 249 Å². The van der Waals surface area contributed by atoms with E-state index in [1.807, 2.05) is 48.3 Å². The van der Waals surface area contributed by atoms with Gasteiger partial charge in [-0.25, -0.2) is 9.80 Å². The van der Waals surface area contributed by atoms with E-state index in [0.29, 0.717) is 21.5 Å². The molecule has 0 aromatic heterocycles. The van der Waals surface area contributed by atoms with Crippen LogP contribution in [0.1, 0.15) is 56.9 Å². The Morgan fingerprint density at radius 3 is 2.35 bits per heavy atom. The lowest BCUT2D eigenvalue weighted by molar-refractivity contribution is -0.0192. The molecule has 2 heterocycles. The van der Waals surface area contributed by atoms with Gasteiger partial charge in [0.05, 0.1) is 28.9 Å². The highest BCUT2D eigenvalue weighted by atomic mass is 79.9. The van der Waals surface area contributed by atoms with Crippen molar-refractivity contribution in [1.82, 2.24) is 5.01 Å². The number of benzene rings is 4. The predicted molar refractivity (Wildman–Crippen MR) is 161 cm³/mol. The van der Waals surface area contributed by atoms with Crippen LogP contribution in [0.3, 0.4) is 0 Å². The summed E-state index contributed by atoms with van der Waals surface area (Å²) in [7, 11) is 1.55. The van der Waals surface area contributed by atoms with E-state index in [0.717, 1.165) is 44.6 Å². The molecule has 6 nitrogen and oxygen atoms in total. The summed E-state index contributed by atoms with van der Waals surface area (Å²) < 4.78 is 19.6. The molecule has 202 valence electrons. The Morgan fingerprint density at radius 1 is 0.950 bits per heavy atom. The topological polar surface area (TPSA) is 60.4 Å². The number of ether oxygens (including phenoxy) is 3. The molecule has 4 aromatic carbocycles. The summed E-state index contributed by atoms with van der Waals surface area (Å²) in [6.45, 7) is 4.05. The zero-order chi connectivity index (χ0) is 28.0. The van der Waals surface area contributed by atoms with Crippen molar-refractivity contribution < 1.29 is 19.0 Å². The van der Waals surface area contributed by atoms with Gasteiger partial charge in [0, 0.05) is 22.0 Å². The fourth-order valence-electron chi connectivity index (χ4n) is 5.02. The number of nitrogens with zero attached hydrogens (tertiary/aromatic N) is 2. The van der Waals surface area contributed by atoms with E-state index < -0.39 is 12.2 Å². The van der Waals surface area contributed by atoms with Crippen molar-refractivity contribution in [3.05, 3.63) is 121 Å². The SMILES string of the molecule is COc1cc([C@@H]2Oc3ccc(Br)cc3[C@H]3CC(c4ccc(C)cc4)=NN32)cc(Br)c1OC(=O)c1ccc(C)cc1. The number of aryl methyl sites for hydroxylation is 2. The molecule has 2 aliphatic rings. The van der Waals surface area contributed by atoms with Crippen LogP contribution in [0, 0.1) is 13.8 Å². The van der Waals surface area contributed by atoms with Crippen LogP contribution in [0.15, 0.2) is 92.9 Å². The van der Waals surface area contributed by atoms with Crippen LogP contribution in [0.25, 0.3) is 0 Å². The molecule has 0 fully saturated rings. The predicted octanol–water partition coefficient (Wildman–Crippen LogP) is 8.30. The van der Waals surface area contributed by atoms with Gasteiger partial charge >= 0.3 is 5.97 Å². The minimum absolute atomic E-state index is 0.00800. The molecule has 8 heteroatoms. The average molecular weight is 662 g/mol. The van der Waals surface area contributed by atoms with Crippen LogP contribution in [-0.4, -0.2) is 23.8 Å². The first-order valence-corrected chi connectivity index (χ1v) is 14.4. The second kappa shape index (κ2) is 10.7. The summed E-state index contributed by atoms with van der Waals surface area (Å²) >= 11 is 7.23. The maximum atomic E-state index is 12.9. The fraction of sp³-hybridized carbons (Fsp3) is 0.188. The number of methoxy groups -OCH3 is 1. The van der Waals surface area contributed by atoms with E-state index >= 15 is 0 Å². The Kier molecular flexibility index (Phi) is 7.15. The minimum atomic E-state index is -0.520. The van der Waals surface area contributed by atoms with Crippen molar-refractivity contribution in [3.63, 3.8) is 0 Å². The number of esters is 1. The molecule has 6 rings (SSSR count). The van der Waals surface area contributed by atoms with Gasteiger partial charge in [-0.15, -0.1) is 0 Å². The molecular weight excluding hydrogens is 636 g/mol. The van der Waals surface area contributed by atoms with Gasteiger partial charge in [0.1, 0.15) is 5.75 Å². The van der Waals surface area contributed by atoms with Gasteiger partial charge in [0.15, 0.2) is 11.5 Å². The molecule has 0 saturated heterocycles. The van der Waals surface area contributed by atoms with Gasteiger partial charge in [0.25, 0.3) is 0 Å². The Balaban J connectivity index is 1.38. The third-order valence-electron chi connectivity index (χ3n) is 7.16. The van der Waals surface area contributed by atoms with Gasteiger partial charge in [-0.3, -0.25) is 0 Å². The molecule has 40 heavy (non-hydrogen) atoms. The highest BCUT2D eigenvalue weighted by Gasteiger charge is 2.41. The van der Waals surface area contributed by atoms with E-state index in [9.17, 15) is 4.79 Å². The zero-order valence-corrected chi connectivity index (χ0v) is 25.3. The smallest absolute Gasteiger partial charge is 0.343 e. The van der Waals surface area contributed by atoms with Gasteiger partial charge < -0.3 is 14.2 Å². The Morgan fingerprint density at radius 2 is 1.65 bits per heavy atom. The van der Waals surface area contributed by atoms with Crippen molar-refractivity contribution >= 4 is 43.5 Å². The van der Waals surface area contributed by atoms with E-state index in [1.165, 1.54) is 5.56 Å². The summed E-state index contributed by atoms with van der Waals surface area (Å²) in [5, 5.41) is 7.08. The molecule has 0 unspecified atom stereocenters. The molecule has 4 aromatic rings. The number of hydrogen-bond acceptors (Lipinski definition) is 6. The molecule has 2 aliphatic heterocycles. The Hall–Kier alpha value is -3.62. The largest absolute Gasteiger partial charge is 0.493 e. The molecule has 0 aliphatic carbocycles. The van der Waals surface area contributed by atoms with Gasteiger partial charge in [-0.2, -0.15) is 5.10 Å². The molecule has 0 spiro atoms. The molecule has 0 amide bonds. The molecule has 0 radical (unpaired) electrons. The van der Waals surface area contributed by atoms with Crippen molar-refractivity contribution in [2.75, 3.05) is 7.11 Å². The fourth-order valence-corrected chi connectivity index (χ4v) is 5.94. The lowest BCUT2D eigenvalue weighted by atomic mass is 9.95. The van der Waals surface area contributed by atoms with Crippen LogP contribution in [0.2, 0.25) is 0 Å². The first-order valence-electron chi connectivity index (χ1n) is 12.9. The lowest BCUT2D eigenvalue weighted by Crippen LogP contribution is -2.33. The minimum Gasteiger partial charge on any atom is -0.493 e. The average Bonchev–Trinajstić information content (AvgIpc) is 3.40. The Bertz CT molecular complexity index is 1630. The highest BCUT2D eigenvalue weighted by molar-refractivity contribution is 9.10. The van der Waals surface area contributed by atoms with Crippen molar-refractivity contribution in [3.8, 4) is 17.2 Å². The molecule has 0 bridgehead atoms. The van der Waals surface area contributed by atoms with Crippen LogP contribution in [0.5, 0.6) is 17.2 Å². The molecular formula is C32H26Br2N2O4. The standard InChI is InChI=1S/C32H26Br2N2O4/c1-18-4-8-20(9-5-18)26-17-27-24-16-23(33)12-13-28(24)39-31(36(27)35-26)22-14-25(34)30(29(15-22)38-3)40-32(37)21-10-6-19(2)7-11-21/h4-16,27,31H,17H2,1-3H3/t27-,31+/m1/s1. The van der Waals surface area contributed by atoms with Gasteiger partial charge in [-0.05, 0) is 77.8 Å². The number of rotatable bonds is 5. The van der Waals surface area contributed by atoms with Gasteiger partial charge in [0.2, 0.25) is 6.23 Å². The van der Waals surface area contributed by atoms with Crippen LogP contribution in [-0.2, 0) is 0 Å². The normalized spacial score (nSPS) is 17.4. The quantitative estimate of drug-likeness (QED) is 0.159. The first-order chi connectivity index (χ1) is 19.3. The van der Waals surface area contributed by atoms with Gasteiger partial charge in [-0.1, -0.05) is 63.5 Å². The summed E-state index contributed by atoms with van der Waals surface area (Å²) in [4.78, 5) is 12.9. The third kappa shape index (κ3) is 5.02. The number of halogens is 2. The number of hydrazone groups is 1. The third-order valence-corrected chi connectivity index (χ3v) is 8.24. The van der Waals surface area contributed by atoms with Crippen molar-refractivity contribution in [1.29, 1.82) is 0 Å². The number of fused-ring (bicyclic) bond motifs is 3. The van der Waals surface area contributed by atoms with E-state index in [1.54, 1.807) is 19.2 Å². The summed E-state index contributed by atoms with van der Waals surface area (Å²) in [6, 6.07) is 25.5. The van der Waals surface area contributed by atoms with Crippen molar-refractivity contribution in [2.45, 2.75) is 32.5 Å². The molecule has 2 atom stereocenters. The second-order valence-corrected chi connectivity index (χ2v) is 11.7. The zero-order valence-electron chi connectivity index (χ0n) is 22.2. The van der Waals surface area contributed by atoms with Crippen LogP contribution < -0.4 is 14.2 Å². The lowest BCUT2D eigenvalue weighted by Gasteiger charge is -2.38. The molecule has 0 saturated carbocycles. The van der Waals surface area contributed by atoms with Crippen LogP contribution >= 0.6 is 31.9 Å². The maximum Gasteiger partial charge on any atom is 0.343 e. The summed E-state index contributed by atoms with van der Waals surface area (Å²) in [5.41, 5.74) is 6.70. The summed E-state index contributed by atoms with van der Waals surface area (Å²) in [6.07, 6.45) is 0.227. The molecule has 0 N–H and O–H groups in total. The number of carbonyl (C=O) groups excluding carboxylic acids is 1. The maximum absolute atomic E-state index is 12.9. The van der Waals surface area contributed by atoms with Crippen molar-refractivity contribution in [2.24, 2.45) is 5.10 Å².